The molecule has 1 saturated heterocycles. The second kappa shape index (κ2) is 7.32. The normalized spacial score (nSPS) is 24.8. The number of carbonyl (C=O) groups excluding carboxylic acids is 1. The van der Waals surface area contributed by atoms with Crippen molar-refractivity contribution in [1.29, 1.82) is 0 Å². The lowest BCUT2D eigenvalue weighted by Gasteiger charge is -2.38. The molecule has 1 aromatic carbocycles. The molecule has 1 N–H and O–H groups in total. The Morgan fingerprint density at radius 2 is 2.08 bits per heavy atom. The molecule has 2 aliphatic rings. The van der Waals surface area contributed by atoms with Crippen molar-refractivity contribution in [2.75, 3.05) is 25.0 Å². The molecule has 0 bridgehead atoms. The second-order valence-corrected chi connectivity index (χ2v) is 7.24. The van der Waals surface area contributed by atoms with Gasteiger partial charge in [-0.05, 0) is 37.0 Å². The lowest BCUT2D eigenvalue weighted by atomic mass is 10.0. The zero-order chi connectivity index (χ0) is 17.9. The van der Waals surface area contributed by atoms with Gasteiger partial charge in [0.25, 0.3) is 0 Å². The van der Waals surface area contributed by atoms with Crippen molar-refractivity contribution >= 4 is 11.8 Å². The SMILES string of the molecule is CN(C(=O)N[C@@H]1C[C@H]1c1ccccc1)[C@@H]1CCCN(c2cccnn2)C1. The van der Waals surface area contributed by atoms with Crippen LogP contribution in [-0.4, -0.2) is 53.3 Å². The zero-order valence-electron chi connectivity index (χ0n) is 15.1. The van der Waals surface area contributed by atoms with Crippen LogP contribution in [0.1, 0.15) is 30.7 Å². The van der Waals surface area contributed by atoms with E-state index in [1.54, 1.807) is 6.20 Å². The van der Waals surface area contributed by atoms with Gasteiger partial charge in [0.05, 0.1) is 6.04 Å². The number of rotatable bonds is 4. The number of piperidine rings is 1. The molecular weight excluding hydrogens is 326 g/mol. The molecular formula is C20H25N5O. The summed E-state index contributed by atoms with van der Waals surface area (Å²) in [5, 5.41) is 11.4. The molecule has 3 atom stereocenters. The van der Waals surface area contributed by atoms with Crippen molar-refractivity contribution in [3.8, 4) is 0 Å². The number of amides is 2. The fourth-order valence-corrected chi connectivity index (χ4v) is 3.79. The summed E-state index contributed by atoms with van der Waals surface area (Å²) in [6, 6.07) is 14.8. The first-order valence-corrected chi connectivity index (χ1v) is 9.33. The van der Waals surface area contributed by atoms with Gasteiger partial charge in [-0.2, -0.15) is 5.10 Å². The van der Waals surface area contributed by atoms with Crippen LogP contribution in [0.4, 0.5) is 10.6 Å². The molecule has 2 heterocycles. The molecule has 1 aliphatic heterocycles. The van der Waals surface area contributed by atoms with Gasteiger partial charge in [-0.1, -0.05) is 30.3 Å². The maximum atomic E-state index is 12.7. The number of carbonyl (C=O) groups is 1. The van der Waals surface area contributed by atoms with Crippen LogP contribution >= 0.6 is 0 Å². The number of hydrogen-bond acceptors (Lipinski definition) is 4. The summed E-state index contributed by atoms with van der Waals surface area (Å²) in [6.45, 7) is 1.76. The van der Waals surface area contributed by atoms with Crippen LogP contribution in [0.15, 0.2) is 48.7 Å². The van der Waals surface area contributed by atoms with E-state index in [-0.39, 0.29) is 18.1 Å². The number of urea groups is 1. The van der Waals surface area contributed by atoms with E-state index in [1.807, 2.05) is 30.1 Å². The third-order valence-electron chi connectivity index (χ3n) is 5.47. The fourth-order valence-electron chi connectivity index (χ4n) is 3.79. The highest BCUT2D eigenvalue weighted by molar-refractivity contribution is 5.75. The van der Waals surface area contributed by atoms with Crippen LogP contribution in [0.3, 0.4) is 0 Å². The summed E-state index contributed by atoms with van der Waals surface area (Å²) >= 11 is 0. The summed E-state index contributed by atoms with van der Waals surface area (Å²) in [5.74, 6) is 1.34. The molecule has 4 rings (SSSR count). The summed E-state index contributed by atoms with van der Waals surface area (Å²) in [6.07, 6.45) is 4.78. The smallest absolute Gasteiger partial charge is 0.317 e. The Morgan fingerprint density at radius 1 is 1.23 bits per heavy atom. The zero-order valence-corrected chi connectivity index (χ0v) is 15.1. The molecule has 1 aromatic heterocycles. The van der Waals surface area contributed by atoms with E-state index < -0.39 is 0 Å². The van der Waals surface area contributed by atoms with Gasteiger partial charge in [-0.25, -0.2) is 4.79 Å². The first-order valence-electron chi connectivity index (χ1n) is 9.33. The van der Waals surface area contributed by atoms with E-state index >= 15 is 0 Å². The Kier molecular flexibility index (Phi) is 4.73. The van der Waals surface area contributed by atoms with E-state index in [1.165, 1.54) is 5.56 Å². The average molecular weight is 351 g/mol. The Balaban J connectivity index is 1.32. The van der Waals surface area contributed by atoms with Crippen molar-refractivity contribution in [2.24, 2.45) is 0 Å². The van der Waals surface area contributed by atoms with E-state index in [2.05, 4.69) is 44.7 Å². The number of nitrogens with zero attached hydrogens (tertiary/aromatic N) is 4. The summed E-state index contributed by atoms with van der Waals surface area (Å²) < 4.78 is 0. The monoisotopic (exact) mass is 351 g/mol. The van der Waals surface area contributed by atoms with Gasteiger partial charge in [0, 0.05) is 38.3 Å². The van der Waals surface area contributed by atoms with Gasteiger partial charge in [0.1, 0.15) is 0 Å². The molecule has 6 nitrogen and oxygen atoms in total. The molecule has 2 amide bonds. The van der Waals surface area contributed by atoms with Crippen molar-refractivity contribution in [1.82, 2.24) is 20.4 Å². The third-order valence-corrected chi connectivity index (χ3v) is 5.47. The molecule has 6 heteroatoms. The van der Waals surface area contributed by atoms with E-state index in [9.17, 15) is 4.79 Å². The van der Waals surface area contributed by atoms with Crippen LogP contribution in [0, 0.1) is 0 Å². The van der Waals surface area contributed by atoms with Crippen LogP contribution in [0.5, 0.6) is 0 Å². The number of nitrogens with one attached hydrogen (secondary N) is 1. The predicted octanol–water partition coefficient (Wildman–Crippen LogP) is 2.64. The molecule has 26 heavy (non-hydrogen) atoms. The van der Waals surface area contributed by atoms with E-state index in [0.717, 1.165) is 38.2 Å². The van der Waals surface area contributed by atoms with Crippen LogP contribution in [0.25, 0.3) is 0 Å². The molecule has 1 saturated carbocycles. The highest BCUT2D eigenvalue weighted by atomic mass is 16.2. The van der Waals surface area contributed by atoms with Crippen molar-refractivity contribution in [3.05, 3.63) is 54.2 Å². The van der Waals surface area contributed by atoms with Crippen LogP contribution < -0.4 is 10.2 Å². The van der Waals surface area contributed by atoms with Gasteiger partial charge in [-0.3, -0.25) is 0 Å². The number of hydrogen-bond donors (Lipinski definition) is 1. The number of anilines is 1. The van der Waals surface area contributed by atoms with Crippen molar-refractivity contribution < 1.29 is 4.79 Å². The van der Waals surface area contributed by atoms with Crippen molar-refractivity contribution in [2.45, 2.75) is 37.3 Å². The highest BCUT2D eigenvalue weighted by Crippen LogP contribution is 2.40. The molecule has 136 valence electrons. The highest BCUT2D eigenvalue weighted by Gasteiger charge is 2.40. The maximum Gasteiger partial charge on any atom is 0.317 e. The van der Waals surface area contributed by atoms with E-state index in [4.69, 9.17) is 0 Å². The van der Waals surface area contributed by atoms with E-state index in [0.29, 0.717) is 5.92 Å². The van der Waals surface area contributed by atoms with Gasteiger partial charge in [-0.15, -0.1) is 5.10 Å². The Bertz CT molecular complexity index is 738. The van der Waals surface area contributed by atoms with Gasteiger partial charge < -0.3 is 15.1 Å². The lowest BCUT2D eigenvalue weighted by Crippen LogP contribution is -2.52. The standard InChI is InChI=1S/C20H25N5O/c1-24(16-9-6-12-25(14-16)19-10-5-11-21-23-19)20(26)22-18-13-17(18)15-7-3-2-4-8-15/h2-5,7-8,10-11,16-18H,6,9,12-14H2,1H3,(H,22,26)/t16-,17+,18-/m1/s1. The Labute approximate surface area is 154 Å². The number of benzene rings is 1. The minimum atomic E-state index is 0.0272. The molecule has 0 spiro atoms. The summed E-state index contributed by atoms with van der Waals surface area (Å²) in [5.41, 5.74) is 1.31. The average Bonchev–Trinajstić information content (AvgIpc) is 3.48. The third kappa shape index (κ3) is 3.64. The molecule has 0 radical (unpaired) electrons. The molecule has 0 unspecified atom stereocenters. The second-order valence-electron chi connectivity index (χ2n) is 7.24. The fraction of sp³-hybridized carbons (Fsp3) is 0.450. The van der Waals surface area contributed by atoms with Gasteiger partial charge >= 0.3 is 6.03 Å². The largest absolute Gasteiger partial charge is 0.353 e. The molecule has 2 fully saturated rings. The first kappa shape index (κ1) is 16.8. The number of aromatic nitrogens is 2. The molecule has 2 aromatic rings. The quantitative estimate of drug-likeness (QED) is 0.920. The Hall–Kier alpha value is -2.63. The minimum Gasteiger partial charge on any atom is -0.353 e. The minimum absolute atomic E-state index is 0.0272. The summed E-state index contributed by atoms with van der Waals surface area (Å²) in [4.78, 5) is 16.8. The lowest BCUT2D eigenvalue weighted by molar-refractivity contribution is 0.182. The number of likely N-dealkylation sites (N-methyl/N-ethyl adjacent to an activating group) is 1. The van der Waals surface area contributed by atoms with Crippen LogP contribution in [-0.2, 0) is 0 Å². The summed E-state index contributed by atoms with van der Waals surface area (Å²) in [7, 11) is 1.90. The van der Waals surface area contributed by atoms with Crippen molar-refractivity contribution in [3.63, 3.8) is 0 Å². The maximum absolute atomic E-state index is 12.7. The van der Waals surface area contributed by atoms with Gasteiger partial charge in [0.15, 0.2) is 5.82 Å². The predicted molar refractivity (Wildman–Crippen MR) is 101 cm³/mol. The first-order chi connectivity index (χ1) is 12.7. The van der Waals surface area contributed by atoms with Crippen LogP contribution in [0.2, 0.25) is 0 Å². The molecule has 1 aliphatic carbocycles. The topological polar surface area (TPSA) is 61.4 Å². The van der Waals surface area contributed by atoms with Gasteiger partial charge in [0.2, 0.25) is 0 Å². The Morgan fingerprint density at radius 3 is 2.85 bits per heavy atom.